The lowest BCUT2D eigenvalue weighted by molar-refractivity contribution is -0.143. The number of hydrogen-bond acceptors (Lipinski definition) is 4. The van der Waals surface area contributed by atoms with Gasteiger partial charge in [-0.05, 0) is 17.7 Å². The van der Waals surface area contributed by atoms with E-state index in [4.69, 9.17) is 4.74 Å². The van der Waals surface area contributed by atoms with Crippen molar-refractivity contribution in [3.63, 3.8) is 0 Å². The minimum absolute atomic E-state index is 0.106. The highest BCUT2D eigenvalue weighted by molar-refractivity contribution is 5.71. The van der Waals surface area contributed by atoms with Crippen LogP contribution in [-0.2, 0) is 20.4 Å². The van der Waals surface area contributed by atoms with Crippen LogP contribution in [0.2, 0.25) is 0 Å². The van der Waals surface area contributed by atoms with Gasteiger partial charge in [0.2, 0.25) is 0 Å². The van der Waals surface area contributed by atoms with E-state index in [0.717, 1.165) is 12.1 Å². The summed E-state index contributed by atoms with van der Waals surface area (Å²) >= 11 is 0. The Bertz CT molecular complexity index is 504. The molecule has 0 aliphatic carbocycles. The van der Waals surface area contributed by atoms with Crippen LogP contribution in [0.25, 0.3) is 0 Å². The second-order valence-corrected chi connectivity index (χ2v) is 4.79. The number of benzene rings is 1. The SMILES string of the molecule is COC(=O)CN1CCOC(c2cccc(C(F)(F)F)c2)C1. The van der Waals surface area contributed by atoms with Gasteiger partial charge in [0.05, 0.1) is 31.9 Å². The highest BCUT2D eigenvalue weighted by Crippen LogP contribution is 2.32. The lowest BCUT2D eigenvalue weighted by Gasteiger charge is -2.32. The number of rotatable bonds is 3. The number of methoxy groups -OCH3 is 1. The van der Waals surface area contributed by atoms with Gasteiger partial charge in [-0.3, -0.25) is 9.69 Å². The minimum Gasteiger partial charge on any atom is -0.468 e. The Balaban J connectivity index is 2.09. The van der Waals surface area contributed by atoms with E-state index in [9.17, 15) is 18.0 Å². The van der Waals surface area contributed by atoms with E-state index in [1.54, 1.807) is 11.0 Å². The Hall–Kier alpha value is -1.60. The van der Waals surface area contributed by atoms with Crippen molar-refractivity contribution in [3.8, 4) is 0 Å². The smallest absolute Gasteiger partial charge is 0.416 e. The van der Waals surface area contributed by atoms with Gasteiger partial charge in [0.1, 0.15) is 0 Å². The average Bonchev–Trinajstić information content (AvgIpc) is 2.46. The summed E-state index contributed by atoms with van der Waals surface area (Å²) in [5.74, 6) is -0.375. The van der Waals surface area contributed by atoms with E-state index in [1.165, 1.54) is 13.2 Å². The summed E-state index contributed by atoms with van der Waals surface area (Å²) in [7, 11) is 1.30. The van der Waals surface area contributed by atoms with Gasteiger partial charge >= 0.3 is 12.1 Å². The highest BCUT2D eigenvalue weighted by atomic mass is 19.4. The maximum atomic E-state index is 12.7. The van der Waals surface area contributed by atoms with Gasteiger partial charge < -0.3 is 9.47 Å². The van der Waals surface area contributed by atoms with Gasteiger partial charge in [-0.25, -0.2) is 0 Å². The monoisotopic (exact) mass is 303 g/mol. The van der Waals surface area contributed by atoms with Crippen molar-refractivity contribution in [1.29, 1.82) is 0 Å². The van der Waals surface area contributed by atoms with Gasteiger partial charge in [0.25, 0.3) is 0 Å². The van der Waals surface area contributed by atoms with Crippen LogP contribution in [0.4, 0.5) is 13.2 Å². The van der Waals surface area contributed by atoms with Crippen LogP contribution in [0.1, 0.15) is 17.2 Å². The fraction of sp³-hybridized carbons (Fsp3) is 0.500. The Kier molecular flexibility index (Phi) is 4.84. The normalized spacial score (nSPS) is 20.3. The molecule has 1 heterocycles. The lowest BCUT2D eigenvalue weighted by Crippen LogP contribution is -2.41. The standard InChI is InChI=1S/C14H16F3NO3/c1-20-13(19)9-18-5-6-21-12(8-18)10-3-2-4-11(7-10)14(15,16)17/h2-4,7,12H,5-6,8-9H2,1H3. The van der Waals surface area contributed by atoms with Crippen molar-refractivity contribution >= 4 is 5.97 Å². The number of hydrogen-bond donors (Lipinski definition) is 0. The number of morpholine rings is 1. The number of carbonyl (C=O) groups is 1. The third kappa shape index (κ3) is 4.18. The largest absolute Gasteiger partial charge is 0.468 e. The molecule has 2 rings (SSSR count). The average molecular weight is 303 g/mol. The fourth-order valence-corrected chi connectivity index (χ4v) is 2.21. The van der Waals surface area contributed by atoms with E-state index in [0.29, 0.717) is 25.3 Å². The molecule has 0 spiro atoms. The maximum Gasteiger partial charge on any atom is 0.416 e. The number of ether oxygens (including phenoxy) is 2. The van der Waals surface area contributed by atoms with Crippen LogP contribution in [0.15, 0.2) is 24.3 Å². The number of halogens is 3. The molecule has 4 nitrogen and oxygen atoms in total. The predicted molar refractivity (Wildman–Crippen MR) is 68.6 cm³/mol. The molecule has 1 aliphatic heterocycles. The van der Waals surface area contributed by atoms with Gasteiger partial charge in [0, 0.05) is 13.1 Å². The Morgan fingerprint density at radius 3 is 2.90 bits per heavy atom. The molecule has 7 heteroatoms. The van der Waals surface area contributed by atoms with E-state index >= 15 is 0 Å². The maximum absolute atomic E-state index is 12.7. The van der Waals surface area contributed by atoms with E-state index < -0.39 is 17.8 Å². The summed E-state index contributed by atoms with van der Waals surface area (Å²) in [5.41, 5.74) is -0.243. The van der Waals surface area contributed by atoms with Crippen LogP contribution >= 0.6 is 0 Å². The summed E-state index contributed by atoms with van der Waals surface area (Å²) in [6.45, 7) is 1.37. The number of carbonyl (C=O) groups excluding carboxylic acids is 1. The van der Waals surface area contributed by atoms with Crippen molar-refractivity contribution in [2.45, 2.75) is 12.3 Å². The topological polar surface area (TPSA) is 38.8 Å². The molecule has 0 radical (unpaired) electrons. The van der Waals surface area contributed by atoms with Crippen LogP contribution in [0.3, 0.4) is 0 Å². The zero-order chi connectivity index (χ0) is 15.5. The molecule has 1 aromatic rings. The molecule has 1 aliphatic rings. The second-order valence-electron chi connectivity index (χ2n) is 4.79. The molecule has 0 bridgehead atoms. The summed E-state index contributed by atoms with van der Waals surface area (Å²) < 4.78 is 48.3. The Morgan fingerprint density at radius 1 is 1.48 bits per heavy atom. The fourth-order valence-electron chi connectivity index (χ4n) is 2.21. The van der Waals surface area contributed by atoms with Gasteiger partial charge in [-0.15, -0.1) is 0 Å². The van der Waals surface area contributed by atoms with Crippen LogP contribution in [0, 0.1) is 0 Å². The quantitative estimate of drug-likeness (QED) is 0.803. The van der Waals surface area contributed by atoms with Crippen LogP contribution in [0.5, 0.6) is 0 Å². The molecule has 21 heavy (non-hydrogen) atoms. The Morgan fingerprint density at radius 2 is 2.24 bits per heavy atom. The van der Waals surface area contributed by atoms with Crippen LogP contribution < -0.4 is 0 Å². The molecule has 0 aromatic heterocycles. The predicted octanol–water partition coefficient (Wildman–Crippen LogP) is 2.25. The zero-order valence-electron chi connectivity index (χ0n) is 11.5. The zero-order valence-corrected chi connectivity index (χ0v) is 11.5. The minimum atomic E-state index is -4.38. The van der Waals surface area contributed by atoms with Crippen molar-refractivity contribution in [1.82, 2.24) is 4.90 Å². The second kappa shape index (κ2) is 6.44. The first-order valence-electron chi connectivity index (χ1n) is 6.48. The summed E-state index contributed by atoms with van der Waals surface area (Å²) in [4.78, 5) is 13.1. The van der Waals surface area contributed by atoms with Gasteiger partial charge in [-0.2, -0.15) is 13.2 Å². The van der Waals surface area contributed by atoms with E-state index in [-0.39, 0.29) is 12.5 Å². The number of nitrogens with zero attached hydrogens (tertiary/aromatic N) is 1. The van der Waals surface area contributed by atoms with Crippen LogP contribution in [-0.4, -0.2) is 44.2 Å². The Labute approximate surface area is 120 Å². The van der Waals surface area contributed by atoms with Crippen molar-refractivity contribution < 1.29 is 27.4 Å². The molecule has 0 saturated carbocycles. The first kappa shape index (κ1) is 15.8. The molecule has 0 N–H and O–H groups in total. The number of alkyl halides is 3. The molecular weight excluding hydrogens is 287 g/mol. The first-order chi connectivity index (χ1) is 9.90. The summed E-state index contributed by atoms with van der Waals surface area (Å²) in [6.07, 6.45) is -4.86. The van der Waals surface area contributed by atoms with E-state index in [1.807, 2.05) is 0 Å². The molecule has 1 unspecified atom stereocenters. The third-order valence-corrected chi connectivity index (χ3v) is 3.32. The molecule has 116 valence electrons. The first-order valence-corrected chi connectivity index (χ1v) is 6.48. The molecule has 1 atom stereocenters. The van der Waals surface area contributed by atoms with E-state index in [2.05, 4.69) is 4.74 Å². The summed E-state index contributed by atoms with van der Waals surface area (Å²) in [6, 6.07) is 5.08. The highest BCUT2D eigenvalue weighted by Gasteiger charge is 2.32. The van der Waals surface area contributed by atoms with Gasteiger partial charge in [0.15, 0.2) is 0 Å². The molecule has 0 amide bonds. The molecule has 1 aromatic carbocycles. The lowest BCUT2D eigenvalue weighted by atomic mass is 10.0. The summed E-state index contributed by atoms with van der Waals surface area (Å²) in [5, 5.41) is 0. The molecular formula is C14H16F3NO3. The van der Waals surface area contributed by atoms with Crippen molar-refractivity contribution in [2.75, 3.05) is 33.4 Å². The molecule has 1 fully saturated rings. The van der Waals surface area contributed by atoms with Gasteiger partial charge in [-0.1, -0.05) is 12.1 Å². The van der Waals surface area contributed by atoms with Crippen molar-refractivity contribution in [2.24, 2.45) is 0 Å². The molecule has 1 saturated heterocycles. The third-order valence-electron chi connectivity index (χ3n) is 3.32. The number of esters is 1. The van der Waals surface area contributed by atoms with Crippen molar-refractivity contribution in [3.05, 3.63) is 35.4 Å².